The zero-order valence-corrected chi connectivity index (χ0v) is 34.9. The zero-order chi connectivity index (χ0) is 41.0. The van der Waals surface area contributed by atoms with Gasteiger partial charge in [0.15, 0.2) is 0 Å². The molecule has 5 aliphatic carbocycles. The third kappa shape index (κ3) is 5.82. The van der Waals surface area contributed by atoms with E-state index in [1.54, 1.807) is 0 Å². The standard InChI is InChI=1S/C60H49N/c1-59(2)52-34-19-17-33-51(52)58-54(59)36-22-38-57(58)61(56-37-21-18-32-50(56)47-30-13-5-3-4-8-23-42-24-14-15-29-46(42)47)45-39-40-49-48-31-16-20-35-53(48)60(55(49)41-45,43-25-9-6-10-26-43)44-27-11-7-12-28-44/h3-17,19-20,22-41,46-47H,18,21H2,1-2H3/b5-3-,8-4-,30-13+,42-23+. The Labute approximate surface area is 361 Å². The summed E-state index contributed by atoms with van der Waals surface area (Å²) < 4.78 is 0. The van der Waals surface area contributed by atoms with E-state index in [1.807, 2.05) is 0 Å². The van der Waals surface area contributed by atoms with Gasteiger partial charge in [-0.15, -0.1) is 0 Å². The first-order chi connectivity index (χ1) is 30.1. The normalized spacial score (nSPS) is 22.2. The summed E-state index contributed by atoms with van der Waals surface area (Å²) in [4.78, 5) is 2.64. The van der Waals surface area contributed by atoms with Crippen LogP contribution in [0.1, 0.15) is 60.1 Å². The lowest BCUT2D eigenvalue weighted by atomic mass is 9.67. The first-order valence-corrected chi connectivity index (χ1v) is 21.9. The minimum Gasteiger partial charge on any atom is -0.310 e. The molecule has 2 atom stereocenters. The van der Waals surface area contributed by atoms with Gasteiger partial charge in [-0.1, -0.05) is 220 Å². The number of nitrogens with zero attached hydrogens (tertiary/aromatic N) is 1. The highest BCUT2D eigenvalue weighted by atomic mass is 15.2. The Morgan fingerprint density at radius 1 is 0.492 bits per heavy atom. The van der Waals surface area contributed by atoms with Gasteiger partial charge in [0.2, 0.25) is 0 Å². The van der Waals surface area contributed by atoms with Crippen molar-refractivity contribution in [3.8, 4) is 22.3 Å². The van der Waals surface area contributed by atoms with Crippen molar-refractivity contribution in [2.75, 3.05) is 4.90 Å². The highest BCUT2D eigenvalue weighted by Crippen LogP contribution is 2.59. The molecule has 6 aromatic rings. The third-order valence-electron chi connectivity index (χ3n) is 13.8. The van der Waals surface area contributed by atoms with Crippen LogP contribution < -0.4 is 4.90 Å². The van der Waals surface area contributed by atoms with Gasteiger partial charge in [-0.2, -0.15) is 0 Å². The SMILES string of the molecule is CC1(C)c2ccccc2-c2c(N(C3=CCCC=C3C3/C=C/C=C\C=C/C=C4\C=CC=CC43)c3ccc4c(c3)C(c3ccccc3)(c3ccccc3)c3ccccc3-4)cccc21. The molecule has 11 rings (SSSR count). The molecule has 0 aliphatic heterocycles. The van der Waals surface area contributed by atoms with E-state index >= 15 is 0 Å². The molecule has 0 fully saturated rings. The molecule has 5 aliphatic rings. The van der Waals surface area contributed by atoms with E-state index < -0.39 is 5.41 Å². The van der Waals surface area contributed by atoms with Gasteiger partial charge < -0.3 is 4.90 Å². The number of hydrogen-bond acceptors (Lipinski definition) is 1. The Morgan fingerprint density at radius 3 is 1.92 bits per heavy atom. The van der Waals surface area contributed by atoms with Crippen molar-refractivity contribution in [2.45, 2.75) is 37.5 Å². The number of fused-ring (bicyclic) bond motifs is 7. The summed E-state index contributed by atoms with van der Waals surface area (Å²) in [6, 6.07) is 54.9. The summed E-state index contributed by atoms with van der Waals surface area (Å²) in [5.74, 6) is 0.302. The predicted octanol–water partition coefficient (Wildman–Crippen LogP) is 15.1. The van der Waals surface area contributed by atoms with Crippen LogP contribution in [0.2, 0.25) is 0 Å². The molecule has 0 saturated carbocycles. The quantitative estimate of drug-likeness (QED) is 0.162. The zero-order valence-electron chi connectivity index (χ0n) is 34.9. The number of anilines is 2. The molecule has 61 heavy (non-hydrogen) atoms. The van der Waals surface area contributed by atoms with Gasteiger partial charge in [-0.3, -0.25) is 0 Å². The Balaban J connectivity index is 1.19. The minimum atomic E-state index is -0.513. The summed E-state index contributed by atoms with van der Waals surface area (Å²) in [5.41, 5.74) is 18.8. The van der Waals surface area contributed by atoms with Gasteiger partial charge in [0.1, 0.15) is 0 Å². The maximum Gasteiger partial charge on any atom is 0.0714 e. The Bertz CT molecular complexity index is 2900. The Kier molecular flexibility index (Phi) is 9.08. The van der Waals surface area contributed by atoms with Crippen molar-refractivity contribution >= 4 is 11.4 Å². The van der Waals surface area contributed by atoms with Gasteiger partial charge in [0, 0.05) is 34.2 Å². The number of allylic oxidation sites excluding steroid dienone is 15. The van der Waals surface area contributed by atoms with Crippen LogP contribution in [0.25, 0.3) is 22.3 Å². The molecular weight excluding hydrogens is 735 g/mol. The molecule has 6 aromatic carbocycles. The maximum atomic E-state index is 2.64. The van der Waals surface area contributed by atoms with Crippen molar-refractivity contribution in [2.24, 2.45) is 11.8 Å². The predicted molar refractivity (Wildman–Crippen MR) is 256 cm³/mol. The number of rotatable bonds is 6. The van der Waals surface area contributed by atoms with E-state index in [0.717, 1.165) is 12.8 Å². The van der Waals surface area contributed by atoms with Gasteiger partial charge in [0.05, 0.1) is 11.1 Å². The second-order valence-electron chi connectivity index (χ2n) is 17.4. The highest BCUT2D eigenvalue weighted by molar-refractivity contribution is 5.95. The van der Waals surface area contributed by atoms with Crippen LogP contribution in [0.15, 0.2) is 241 Å². The second kappa shape index (κ2) is 14.9. The minimum absolute atomic E-state index is 0.115. The van der Waals surface area contributed by atoms with Crippen molar-refractivity contribution in [1.82, 2.24) is 0 Å². The largest absolute Gasteiger partial charge is 0.310 e. The summed E-state index contributed by atoms with van der Waals surface area (Å²) in [5, 5.41) is 0. The number of hydrogen-bond donors (Lipinski definition) is 0. The van der Waals surface area contributed by atoms with Gasteiger partial charge >= 0.3 is 0 Å². The van der Waals surface area contributed by atoms with E-state index in [4.69, 9.17) is 0 Å². The lowest BCUT2D eigenvalue weighted by molar-refractivity contribution is 0.611. The summed E-state index contributed by atoms with van der Waals surface area (Å²) in [7, 11) is 0. The molecule has 0 saturated heterocycles. The third-order valence-corrected chi connectivity index (χ3v) is 13.8. The molecule has 0 amide bonds. The molecule has 294 valence electrons. The van der Waals surface area contributed by atoms with Crippen LogP contribution in [-0.4, -0.2) is 0 Å². The summed E-state index contributed by atoms with van der Waals surface area (Å²) in [6.45, 7) is 4.78. The highest BCUT2D eigenvalue weighted by Gasteiger charge is 2.47. The van der Waals surface area contributed by atoms with Gasteiger partial charge in [0.25, 0.3) is 0 Å². The second-order valence-corrected chi connectivity index (χ2v) is 17.4. The lowest BCUT2D eigenvalue weighted by Gasteiger charge is -2.38. The molecule has 0 bridgehead atoms. The molecular formula is C60H49N. The van der Waals surface area contributed by atoms with Crippen molar-refractivity contribution in [3.05, 3.63) is 275 Å². The van der Waals surface area contributed by atoms with Crippen LogP contribution in [0.4, 0.5) is 11.4 Å². The van der Waals surface area contributed by atoms with Crippen molar-refractivity contribution in [1.29, 1.82) is 0 Å². The van der Waals surface area contributed by atoms with E-state index in [2.05, 4.69) is 243 Å². The summed E-state index contributed by atoms with van der Waals surface area (Å²) in [6.07, 6.45) is 31.7. The van der Waals surface area contributed by atoms with Crippen LogP contribution in [-0.2, 0) is 10.8 Å². The Hall–Kier alpha value is -6.96. The first-order valence-electron chi connectivity index (χ1n) is 21.9. The smallest absolute Gasteiger partial charge is 0.0714 e. The molecule has 0 aromatic heterocycles. The fraction of sp³-hybridized carbons (Fsp3) is 0.133. The molecule has 0 spiro atoms. The van der Waals surface area contributed by atoms with Crippen molar-refractivity contribution < 1.29 is 0 Å². The first kappa shape index (κ1) is 37.1. The Morgan fingerprint density at radius 2 is 1.11 bits per heavy atom. The average Bonchev–Trinajstić information content (AvgIpc) is 3.74. The lowest BCUT2D eigenvalue weighted by Crippen LogP contribution is -2.29. The molecule has 0 N–H and O–H groups in total. The van der Waals surface area contributed by atoms with Crippen LogP contribution in [0, 0.1) is 11.8 Å². The number of benzene rings is 6. The molecule has 0 heterocycles. The van der Waals surface area contributed by atoms with Crippen LogP contribution >= 0.6 is 0 Å². The van der Waals surface area contributed by atoms with Crippen LogP contribution in [0.3, 0.4) is 0 Å². The molecule has 1 nitrogen and oxygen atoms in total. The van der Waals surface area contributed by atoms with E-state index in [-0.39, 0.29) is 17.3 Å². The monoisotopic (exact) mass is 783 g/mol. The van der Waals surface area contributed by atoms with Gasteiger partial charge in [-0.25, -0.2) is 0 Å². The summed E-state index contributed by atoms with van der Waals surface area (Å²) >= 11 is 0. The fourth-order valence-electron chi connectivity index (χ4n) is 11.1. The molecule has 2 unspecified atom stereocenters. The fourth-order valence-corrected chi connectivity index (χ4v) is 11.1. The average molecular weight is 784 g/mol. The maximum absolute atomic E-state index is 2.64. The van der Waals surface area contributed by atoms with E-state index in [1.165, 1.54) is 83.9 Å². The van der Waals surface area contributed by atoms with Crippen molar-refractivity contribution in [3.63, 3.8) is 0 Å². The van der Waals surface area contributed by atoms with E-state index in [9.17, 15) is 0 Å². The molecule has 1 heteroatoms. The van der Waals surface area contributed by atoms with E-state index in [0.29, 0.717) is 0 Å². The van der Waals surface area contributed by atoms with Crippen LogP contribution in [0.5, 0.6) is 0 Å². The molecule has 0 radical (unpaired) electrons. The van der Waals surface area contributed by atoms with Gasteiger partial charge in [-0.05, 0) is 92.3 Å². The topological polar surface area (TPSA) is 3.24 Å².